The molecule has 2 N–H and O–H groups in total. The van der Waals surface area contributed by atoms with Gasteiger partial charge in [0.1, 0.15) is 12.6 Å². The molecule has 1 aliphatic heterocycles. The van der Waals surface area contributed by atoms with Gasteiger partial charge in [-0.1, -0.05) is 17.7 Å². The third-order valence-electron chi connectivity index (χ3n) is 6.30. The number of thiocarbonyl (C=S) groups is 1. The van der Waals surface area contributed by atoms with Gasteiger partial charge >= 0.3 is 0 Å². The van der Waals surface area contributed by atoms with Gasteiger partial charge in [-0.15, -0.1) is 0 Å². The largest absolute Gasteiger partial charge is 0.375 e. The van der Waals surface area contributed by atoms with Crippen molar-refractivity contribution in [1.29, 1.82) is 0 Å². The van der Waals surface area contributed by atoms with Gasteiger partial charge in [0.15, 0.2) is 5.11 Å². The zero-order chi connectivity index (χ0) is 27.5. The number of benzene rings is 2. The predicted molar refractivity (Wildman–Crippen MR) is 152 cm³/mol. The fraction of sp³-hybridized carbons (Fsp3) is 0.148. The van der Waals surface area contributed by atoms with Crippen molar-refractivity contribution in [1.82, 2.24) is 14.9 Å². The number of non-ortho nitro benzene ring substituents is 1. The topological polar surface area (TPSA) is 115 Å². The molecule has 1 amide bonds. The van der Waals surface area contributed by atoms with Crippen molar-refractivity contribution in [2.45, 2.75) is 12.1 Å². The second-order valence-corrected chi connectivity index (χ2v) is 9.51. The Kier molecular flexibility index (Phi) is 7.55. The second-order valence-electron chi connectivity index (χ2n) is 8.72. The molecule has 0 unspecified atom stereocenters. The summed E-state index contributed by atoms with van der Waals surface area (Å²) in [4.78, 5) is 29.3. The maximum Gasteiger partial charge on any atom is 0.269 e. The molecule has 1 saturated heterocycles. The number of hydrogen-bond donors (Lipinski definition) is 2. The van der Waals surface area contributed by atoms with Crippen LogP contribution in [0.4, 0.5) is 17.1 Å². The van der Waals surface area contributed by atoms with Crippen LogP contribution in [0.25, 0.3) is 5.69 Å². The van der Waals surface area contributed by atoms with Gasteiger partial charge in [0.2, 0.25) is 5.91 Å². The minimum atomic E-state index is -0.427. The number of amides is 1. The van der Waals surface area contributed by atoms with Crippen molar-refractivity contribution in [3.63, 3.8) is 0 Å². The number of carbonyl (C=O) groups is 1. The molecule has 1 aliphatic rings. The average Bonchev–Trinajstić information content (AvgIpc) is 3.55. The molecule has 0 saturated carbocycles. The summed E-state index contributed by atoms with van der Waals surface area (Å²) in [6.07, 6.45) is 3.62. The lowest BCUT2D eigenvalue weighted by atomic mass is 10.0. The maximum absolute atomic E-state index is 12.0. The Morgan fingerprint density at radius 2 is 1.92 bits per heavy atom. The van der Waals surface area contributed by atoms with Crippen LogP contribution < -0.4 is 15.5 Å². The van der Waals surface area contributed by atoms with Gasteiger partial charge in [-0.2, -0.15) is 0 Å². The van der Waals surface area contributed by atoms with Crippen LogP contribution in [0.3, 0.4) is 0 Å². The van der Waals surface area contributed by atoms with E-state index in [2.05, 4.69) is 15.6 Å². The third kappa shape index (κ3) is 5.32. The zero-order valence-corrected chi connectivity index (χ0v) is 22.2. The molecule has 5 rings (SSSR count). The number of anilines is 2. The summed E-state index contributed by atoms with van der Waals surface area (Å²) in [7, 11) is 1.44. The normalized spacial score (nSPS) is 16.7. The van der Waals surface area contributed by atoms with Gasteiger partial charge in [-0.05, 0) is 66.8 Å². The Hall–Kier alpha value is -4.32. The predicted octanol–water partition coefficient (Wildman–Crippen LogP) is 5.20. The highest BCUT2D eigenvalue weighted by atomic mass is 35.5. The minimum absolute atomic E-state index is 0.0106. The number of ether oxygens (including phenoxy) is 1. The van der Waals surface area contributed by atoms with E-state index in [1.165, 1.54) is 19.2 Å². The van der Waals surface area contributed by atoms with Crippen molar-refractivity contribution in [3.05, 3.63) is 112 Å². The van der Waals surface area contributed by atoms with Gasteiger partial charge in [-0.3, -0.25) is 19.9 Å². The van der Waals surface area contributed by atoms with Crippen LogP contribution in [0, 0.1) is 10.1 Å². The number of nitro groups is 1. The van der Waals surface area contributed by atoms with Crippen molar-refractivity contribution in [3.8, 4) is 5.69 Å². The van der Waals surface area contributed by atoms with Crippen LogP contribution in [0.1, 0.15) is 23.5 Å². The number of aromatic nitrogens is 2. The first-order chi connectivity index (χ1) is 18.9. The standard InChI is InChI=1S/C27H23ClN6O4S/c1-38-16-24(35)30-21-12-11-19(15-20(21)28)33-26(25(31-27(33)39)22-5-2-3-13-29-22)23-6-4-14-32(23)17-7-9-18(10-8-17)34(36)37/h2-15,25-26H,16H2,1H3,(H,30,35)(H,31,39)/t25-,26-/m0/s1. The number of nitrogens with one attached hydrogen (secondary N) is 2. The summed E-state index contributed by atoms with van der Waals surface area (Å²) in [6, 6.07) is 20.5. The highest BCUT2D eigenvalue weighted by Crippen LogP contribution is 2.43. The Labute approximate surface area is 234 Å². The number of hydrogen-bond acceptors (Lipinski definition) is 6. The summed E-state index contributed by atoms with van der Waals surface area (Å²) >= 11 is 12.4. The van der Waals surface area contributed by atoms with Gasteiger partial charge in [-0.25, -0.2) is 0 Å². The van der Waals surface area contributed by atoms with Gasteiger partial charge in [0, 0.05) is 48.7 Å². The Morgan fingerprint density at radius 3 is 2.59 bits per heavy atom. The molecule has 0 bridgehead atoms. The monoisotopic (exact) mass is 562 g/mol. The van der Waals surface area contributed by atoms with Crippen molar-refractivity contribution in [2.75, 3.05) is 23.9 Å². The molecule has 1 fully saturated rings. The summed E-state index contributed by atoms with van der Waals surface area (Å²) in [6.45, 7) is -0.0916. The molecule has 39 heavy (non-hydrogen) atoms. The quantitative estimate of drug-likeness (QED) is 0.171. The van der Waals surface area contributed by atoms with Gasteiger partial charge in [0.25, 0.3) is 5.69 Å². The SMILES string of the molecule is COCC(=O)Nc1ccc(N2C(=S)N[C@@H](c3ccccn3)[C@@H]2c2cccn2-c2ccc([N+](=O)[O-])cc2)cc1Cl. The fourth-order valence-electron chi connectivity index (χ4n) is 4.61. The number of methoxy groups -OCH3 is 1. The van der Waals surface area contributed by atoms with Gasteiger partial charge in [0.05, 0.1) is 27.4 Å². The molecular weight excluding hydrogens is 540 g/mol. The lowest BCUT2D eigenvalue weighted by molar-refractivity contribution is -0.384. The number of nitrogens with zero attached hydrogens (tertiary/aromatic N) is 4. The molecular formula is C27H23ClN6O4S. The van der Waals surface area contributed by atoms with Gasteiger partial charge < -0.3 is 24.8 Å². The molecule has 12 heteroatoms. The number of carbonyl (C=O) groups excluding carboxylic acids is 1. The lowest BCUT2D eigenvalue weighted by Gasteiger charge is -2.29. The highest BCUT2D eigenvalue weighted by molar-refractivity contribution is 7.80. The smallest absolute Gasteiger partial charge is 0.269 e. The third-order valence-corrected chi connectivity index (χ3v) is 6.93. The van der Waals surface area contributed by atoms with Crippen molar-refractivity contribution < 1.29 is 14.5 Å². The zero-order valence-electron chi connectivity index (χ0n) is 20.7. The average molecular weight is 563 g/mol. The van der Waals surface area contributed by atoms with Crippen LogP contribution in [-0.2, 0) is 9.53 Å². The van der Waals surface area contributed by atoms with Crippen molar-refractivity contribution >= 4 is 51.9 Å². The van der Waals surface area contributed by atoms with E-state index in [1.807, 2.05) is 52.1 Å². The molecule has 0 radical (unpaired) electrons. The molecule has 0 spiro atoms. The molecule has 2 aromatic carbocycles. The maximum atomic E-state index is 12.0. The van der Waals surface area contributed by atoms with E-state index in [-0.39, 0.29) is 30.3 Å². The molecule has 198 valence electrons. The molecule has 10 nitrogen and oxygen atoms in total. The van der Waals surface area contributed by atoms with E-state index in [4.69, 9.17) is 28.6 Å². The Balaban J connectivity index is 1.58. The first-order valence-electron chi connectivity index (χ1n) is 11.9. The number of pyridine rings is 1. The first kappa shape index (κ1) is 26.3. The van der Waals surface area contributed by atoms with Crippen LogP contribution >= 0.6 is 23.8 Å². The fourth-order valence-corrected chi connectivity index (χ4v) is 5.18. The Morgan fingerprint density at radius 1 is 1.15 bits per heavy atom. The van der Waals surface area contributed by atoms with E-state index in [0.717, 1.165) is 17.1 Å². The molecule has 2 atom stereocenters. The molecule has 3 heterocycles. The van der Waals surface area contributed by atoms with Crippen LogP contribution in [0.2, 0.25) is 5.02 Å². The van der Waals surface area contributed by atoms with E-state index in [0.29, 0.717) is 21.5 Å². The van der Waals surface area contributed by atoms with Crippen LogP contribution in [-0.4, -0.2) is 39.2 Å². The van der Waals surface area contributed by atoms with E-state index < -0.39 is 4.92 Å². The molecule has 4 aromatic rings. The van der Waals surface area contributed by atoms with E-state index in [1.54, 1.807) is 30.5 Å². The highest BCUT2D eigenvalue weighted by Gasteiger charge is 2.42. The molecule has 2 aromatic heterocycles. The molecule has 0 aliphatic carbocycles. The summed E-state index contributed by atoms with van der Waals surface area (Å²) in [5, 5.41) is 18.1. The minimum Gasteiger partial charge on any atom is -0.375 e. The second kappa shape index (κ2) is 11.2. The summed E-state index contributed by atoms with van der Waals surface area (Å²) < 4.78 is 6.85. The van der Waals surface area contributed by atoms with E-state index in [9.17, 15) is 14.9 Å². The summed E-state index contributed by atoms with van der Waals surface area (Å²) in [5.41, 5.74) is 3.59. The number of nitro benzene ring substituents is 1. The lowest BCUT2D eigenvalue weighted by Crippen LogP contribution is -2.30. The summed E-state index contributed by atoms with van der Waals surface area (Å²) in [5.74, 6) is -0.320. The first-order valence-corrected chi connectivity index (χ1v) is 12.7. The van der Waals surface area contributed by atoms with Crippen LogP contribution in [0.15, 0.2) is 85.2 Å². The Bertz CT molecular complexity index is 1530. The van der Waals surface area contributed by atoms with E-state index >= 15 is 0 Å². The number of halogens is 1. The number of rotatable bonds is 8. The van der Waals surface area contributed by atoms with Crippen molar-refractivity contribution in [2.24, 2.45) is 0 Å². The van der Waals surface area contributed by atoms with Crippen LogP contribution in [0.5, 0.6) is 0 Å².